The zero-order valence-corrected chi connectivity index (χ0v) is 35.6. The molecule has 0 amide bonds. The minimum absolute atomic E-state index is 0.613. The molecular weight excluding hydrogens is 805 g/mol. The third-order valence-corrected chi connectivity index (χ3v) is 12.9. The van der Waals surface area contributed by atoms with Gasteiger partial charge in [-0.2, -0.15) is 0 Å². The summed E-state index contributed by atoms with van der Waals surface area (Å²) in [7, 11) is 0. The molecule has 0 bridgehead atoms. The highest BCUT2D eigenvalue weighted by atomic mass is 16.3. The first-order valence-electron chi connectivity index (χ1n) is 22.3. The van der Waals surface area contributed by atoms with E-state index in [0.717, 1.165) is 77.6 Å². The summed E-state index contributed by atoms with van der Waals surface area (Å²) in [5, 5.41) is 7.07. The van der Waals surface area contributed by atoms with E-state index < -0.39 is 0 Å². The smallest absolute Gasteiger partial charge is 0.164 e. The fourth-order valence-electron chi connectivity index (χ4n) is 9.71. The number of hydrogen-bond donors (Lipinski definition) is 0. The van der Waals surface area contributed by atoms with E-state index in [9.17, 15) is 0 Å². The van der Waals surface area contributed by atoms with E-state index >= 15 is 0 Å². The topological polar surface area (TPSA) is 56.7 Å². The molecule has 0 saturated carbocycles. The predicted octanol–water partition coefficient (Wildman–Crippen LogP) is 16.0. The molecule has 0 spiro atoms. The van der Waals surface area contributed by atoms with Crippen molar-refractivity contribution in [3.63, 3.8) is 0 Å². The van der Waals surface area contributed by atoms with E-state index in [4.69, 9.17) is 19.4 Å². The molecule has 0 aliphatic heterocycles. The van der Waals surface area contributed by atoms with Crippen LogP contribution in [-0.4, -0.2) is 19.5 Å². The van der Waals surface area contributed by atoms with Gasteiger partial charge in [-0.3, -0.25) is 0 Å². The van der Waals surface area contributed by atoms with Crippen LogP contribution < -0.4 is 0 Å². The van der Waals surface area contributed by atoms with Crippen LogP contribution >= 0.6 is 0 Å². The van der Waals surface area contributed by atoms with Gasteiger partial charge < -0.3 is 8.98 Å². The summed E-state index contributed by atoms with van der Waals surface area (Å²) in [6.07, 6.45) is 0. The van der Waals surface area contributed by atoms with Gasteiger partial charge in [-0.1, -0.05) is 182 Å². The second-order valence-electron chi connectivity index (χ2n) is 16.8. The predicted molar refractivity (Wildman–Crippen MR) is 272 cm³/mol. The molecule has 3 aromatic heterocycles. The van der Waals surface area contributed by atoms with Crippen molar-refractivity contribution < 1.29 is 4.42 Å². The van der Waals surface area contributed by atoms with Crippen LogP contribution in [0.25, 0.3) is 128 Å². The Labute approximate surface area is 380 Å². The third kappa shape index (κ3) is 6.36. The lowest BCUT2D eigenvalue weighted by Crippen LogP contribution is -2.00. The van der Waals surface area contributed by atoms with Gasteiger partial charge in [-0.15, -0.1) is 0 Å². The lowest BCUT2D eigenvalue weighted by molar-refractivity contribution is 0.669. The first-order valence-corrected chi connectivity index (χ1v) is 22.3. The van der Waals surface area contributed by atoms with Crippen molar-refractivity contribution in [1.29, 1.82) is 0 Å². The summed E-state index contributed by atoms with van der Waals surface area (Å²) < 4.78 is 8.95. The van der Waals surface area contributed by atoms with Crippen molar-refractivity contribution in [2.24, 2.45) is 0 Å². The number of hydrogen-bond acceptors (Lipinski definition) is 4. The molecule has 0 unspecified atom stereocenters. The Morgan fingerprint density at radius 2 is 0.879 bits per heavy atom. The molecule has 5 heteroatoms. The van der Waals surface area contributed by atoms with Gasteiger partial charge in [0.1, 0.15) is 11.2 Å². The second-order valence-corrected chi connectivity index (χ2v) is 16.8. The molecule has 13 aromatic rings. The van der Waals surface area contributed by atoms with Crippen LogP contribution in [0, 0.1) is 0 Å². The zero-order valence-electron chi connectivity index (χ0n) is 35.6. The minimum Gasteiger partial charge on any atom is -0.456 e. The summed E-state index contributed by atoms with van der Waals surface area (Å²) >= 11 is 0. The fourth-order valence-corrected chi connectivity index (χ4v) is 9.71. The molecule has 66 heavy (non-hydrogen) atoms. The molecule has 0 fully saturated rings. The Kier molecular flexibility index (Phi) is 8.78. The lowest BCUT2D eigenvalue weighted by atomic mass is 9.97. The molecule has 0 aliphatic rings. The van der Waals surface area contributed by atoms with Crippen LogP contribution in [0.5, 0.6) is 0 Å². The Balaban J connectivity index is 0.906. The first kappa shape index (κ1) is 37.6. The van der Waals surface area contributed by atoms with Crippen molar-refractivity contribution in [2.45, 2.75) is 0 Å². The maximum atomic E-state index is 6.57. The van der Waals surface area contributed by atoms with E-state index in [1.54, 1.807) is 0 Å². The van der Waals surface area contributed by atoms with E-state index in [2.05, 4.69) is 199 Å². The molecule has 0 radical (unpaired) electrons. The van der Waals surface area contributed by atoms with Crippen molar-refractivity contribution in [3.05, 3.63) is 231 Å². The molecule has 10 aromatic carbocycles. The Morgan fingerprint density at radius 3 is 1.70 bits per heavy atom. The number of rotatable bonds is 7. The van der Waals surface area contributed by atoms with Gasteiger partial charge in [0.25, 0.3) is 0 Å². The van der Waals surface area contributed by atoms with Crippen molar-refractivity contribution >= 4 is 54.5 Å². The van der Waals surface area contributed by atoms with Crippen LogP contribution in [0.4, 0.5) is 0 Å². The number of furan rings is 1. The molecule has 308 valence electrons. The Bertz CT molecular complexity index is 3980. The number of benzene rings is 10. The van der Waals surface area contributed by atoms with E-state index in [1.807, 2.05) is 36.4 Å². The van der Waals surface area contributed by atoms with E-state index in [1.165, 1.54) is 32.7 Å². The monoisotopic (exact) mass is 842 g/mol. The highest BCUT2D eigenvalue weighted by Crippen LogP contribution is 2.41. The molecule has 0 atom stereocenters. The zero-order chi connectivity index (χ0) is 43.6. The van der Waals surface area contributed by atoms with Crippen molar-refractivity contribution in [1.82, 2.24) is 19.5 Å². The van der Waals surface area contributed by atoms with E-state index in [-0.39, 0.29) is 0 Å². The quantitative estimate of drug-likeness (QED) is 0.160. The average molecular weight is 843 g/mol. The van der Waals surface area contributed by atoms with Gasteiger partial charge >= 0.3 is 0 Å². The largest absolute Gasteiger partial charge is 0.456 e. The average Bonchev–Trinajstić information content (AvgIpc) is 3.94. The number of aromatic nitrogens is 4. The normalized spacial score (nSPS) is 11.6. The minimum atomic E-state index is 0.613. The second kappa shape index (κ2) is 15.4. The molecule has 5 nitrogen and oxygen atoms in total. The van der Waals surface area contributed by atoms with Gasteiger partial charge in [0, 0.05) is 43.9 Å². The molecular formula is C61H38N4O. The number of nitrogens with zero attached hydrogens (tertiary/aromatic N) is 4. The van der Waals surface area contributed by atoms with Gasteiger partial charge in [0.2, 0.25) is 0 Å². The van der Waals surface area contributed by atoms with Crippen molar-refractivity contribution in [3.8, 4) is 73.2 Å². The molecule has 0 aliphatic carbocycles. The summed E-state index contributed by atoms with van der Waals surface area (Å²) in [4.78, 5) is 15.1. The van der Waals surface area contributed by atoms with Crippen LogP contribution in [0.1, 0.15) is 0 Å². The molecule has 3 heterocycles. The molecule has 0 saturated heterocycles. The summed E-state index contributed by atoms with van der Waals surface area (Å²) in [5.41, 5.74) is 14.7. The summed E-state index contributed by atoms with van der Waals surface area (Å²) in [6, 6.07) is 81.1. The van der Waals surface area contributed by atoms with Gasteiger partial charge in [-0.25, -0.2) is 15.0 Å². The SMILES string of the molecule is c1ccc(-c2cccc(-c3nc(-c4ccccc4)nc(-c4ccc(-c5cccc6oc7ccc(-n8c9ccccc9c9cc(-c%10cccc%11ccccc%10%11)ccc98)cc7c56)cc4)n3)c2)cc1. The van der Waals surface area contributed by atoms with Crippen LogP contribution in [-0.2, 0) is 0 Å². The third-order valence-electron chi connectivity index (χ3n) is 12.9. The Hall–Kier alpha value is -8.93. The van der Waals surface area contributed by atoms with Gasteiger partial charge in [-0.05, 0) is 92.7 Å². The first-order chi connectivity index (χ1) is 32.7. The fraction of sp³-hybridized carbons (Fsp3) is 0. The maximum Gasteiger partial charge on any atom is 0.164 e. The van der Waals surface area contributed by atoms with Gasteiger partial charge in [0.15, 0.2) is 17.5 Å². The molecule has 13 rings (SSSR count). The Morgan fingerprint density at radius 1 is 0.303 bits per heavy atom. The summed E-state index contributed by atoms with van der Waals surface area (Å²) in [5.74, 6) is 1.87. The van der Waals surface area contributed by atoms with Gasteiger partial charge in [0.05, 0.1) is 11.0 Å². The highest BCUT2D eigenvalue weighted by Gasteiger charge is 2.19. The lowest BCUT2D eigenvalue weighted by Gasteiger charge is -2.11. The van der Waals surface area contributed by atoms with Crippen LogP contribution in [0.15, 0.2) is 235 Å². The molecule has 0 N–H and O–H groups in total. The van der Waals surface area contributed by atoms with Crippen LogP contribution in [0.2, 0.25) is 0 Å². The van der Waals surface area contributed by atoms with E-state index in [0.29, 0.717) is 17.5 Å². The highest BCUT2D eigenvalue weighted by molar-refractivity contribution is 6.15. The summed E-state index contributed by atoms with van der Waals surface area (Å²) in [6.45, 7) is 0. The number of fused-ring (bicyclic) bond motifs is 7. The van der Waals surface area contributed by atoms with Crippen LogP contribution in [0.3, 0.4) is 0 Å². The van der Waals surface area contributed by atoms with Crippen molar-refractivity contribution in [2.75, 3.05) is 0 Å². The maximum absolute atomic E-state index is 6.57. The standard InChI is InChI=1S/C61H38N4O/c1-3-14-39(15-4-1)44-20-11-21-46(36-44)61-63-59(42-17-5-2-6-18-42)62-60(64-61)43-30-28-41(29-31-43)50-25-13-27-57-58(50)53-38-47(33-35-56(53)66-57)65-54-26-10-9-23-51(54)52-37-45(32-34-55(52)65)49-24-12-19-40-16-7-8-22-48(40)49/h1-38H. The number of para-hydroxylation sites is 1.